The summed E-state index contributed by atoms with van der Waals surface area (Å²) in [5, 5.41) is -0.523. The number of rotatable bonds is 1. The van der Waals surface area contributed by atoms with Crippen molar-refractivity contribution in [3.05, 3.63) is 23.2 Å². The van der Waals surface area contributed by atoms with Crippen LogP contribution in [0.25, 0.3) is 0 Å². The average molecular weight is 214 g/mol. The Hall–Kier alpha value is -0.750. The van der Waals surface area contributed by atoms with Gasteiger partial charge in [-0.2, -0.15) is 12.8 Å². The van der Waals surface area contributed by atoms with E-state index in [1.165, 1.54) is 0 Å². The molecule has 0 fully saturated rings. The fraction of sp³-hybridized carbons (Fsp3) is 0. The van der Waals surface area contributed by atoms with Gasteiger partial charge in [0.1, 0.15) is 0 Å². The topological polar surface area (TPSA) is 47.0 Å². The summed E-state index contributed by atoms with van der Waals surface area (Å²) in [5.41, 5.74) is 0. The van der Waals surface area contributed by atoms with E-state index in [2.05, 4.69) is 4.98 Å². The van der Waals surface area contributed by atoms with E-state index in [1.807, 2.05) is 0 Å². The summed E-state index contributed by atoms with van der Waals surface area (Å²) in [6.45, 7) is 0. The van der Waals surface area contributed by atoms with Crippen molar-refractivity contribution in [1.29, 1.82) is 0 Å². The van der Waals surface area contributed by atoms with Gasteiger partial charge in [-0.3, -0.25) is 0 Å². The smallest absolute Gasteiger partial charge is 0.227 e. The average Bonchev–Trinajstić information content (AvgIpc) is 1.82. The lowest BCUT2D eigenvalue weighted by Crippen LogP contribution is -1.99. The third kappa shape index (κ3) is 1.70. The minimum Gasteiger partial charge on any atom is -0.227 e. The first-order valence-electron chi connectivity index (χ1n) is 2.67. The van der Waals surface area contributed by atoms with Crippen LogP contribution in [0, 0.1) is 5.95 Å². The van der Waals surface area contributed by atoms with E-state index in [1.54, 1.807) is 0 Å². The predicted octanol–water partition coefficient (Wildman–Crippen LogP) is 1.53. The van der Waals surface area contributed by atoms with Crippen molar-refractivity contribution < 1.29 is 16.7 Å². The maximum atomic E-state index is 12.5. The molecule has 66 valence electrons. The van der Waals surface area contributed by atoms with Crippen LogP contribution in [0.2, 0.25) is 5.02 Å². The molecule has 0 unspecified atom stereocenters. The molecular formula is C5H2ClF2NO2S. The van der Waals surface area contributed by atoms with Gasteiger partial charge in [-0.05, 0) is 6.07 Å². The van der Waals surface area contributed by atoms with Crippen molar-refractivity contribution >= 4 is 21.8 Å². The lowest BCUT2D eigenvalue weighted by Gasteiger charge is -1.97. The van der Waals surface area contributed by atoms with Crippen molar-refractivity contribution in [2.45, 2.75) is 4.90 Å². The van der Waals surface area contributed by atoms with Crippen molar-refractivity contribution in [2.75, 3.05) is 0 Å². The molecule has 1 aromatic heterocycles. The number of hydrogen-bond donors (Lipinski definition) is 0. The molecule has 0 atom stereocenters. The Kier molecular flexibility index (Phi) is 2.29. The molecule has 0 spiro atoms. The standard InChI is InChI=1S/C5H2ClF2NO2S/c6-3-1-2-9-5(7)4(3)12(8,10)11/h1-2H. The first-order chi connectivity index (χ1) is 5.43. The quantitative estimate of drug-likeness (QED) is 0.525. The zero-order valence-corrected chi connectivity index (χ0v) is 7.03. The van der Waals surface area contributed by atoms with E-state index in [0.29, 0.717) is 0 Å². The van der Waals surface area contributed by atoms with Gasteiger partial charge in [-0.1, -0.05) is 11.6 Å². The molecule has 0 aliphatic carbocycles. The zero-order chi connectivity index (χ0) is 9.35. The lowest BCUT2D eigenvalue weighted by atomic mass is 10.5. The Morgan fingerprint density at radius 2 is 2.08 bits per heavy atom. The molecule has 1 aromatic rings. The van der Waals surface area contributed by atoms with Crippen LogP contribution in [0.1, 0.15) is 0 Å². The van der Waals surface area contributed by atoms with Gasteiger partial charge in [-0.25, -0.2) is 4.98 Å². The van der Waals surface area contributed by atoms with Gasteiger partial charge >= 0.3 is 10.2 Å². The molecule has 0 aliphatic rings. The van der Waals surface area contributed by atoms with Crippen LogP contribution in [0.15, 0.2) is 17.2 Å². The number of hydrogen-bond acceptors (Lipinski definition) is 3. The van der Waals surface area contributed by atoms with Crippen LogP contribution in [0.3, 0.4) is 0 Å². The molecule has 0 saturated heterocycles. The Bertz CT molecular complexity index is 386. The molecule has 0 N–H and O–H groups in total. The molecule has 0 saturated carbocycles. The summed E-state index contributed by atoms with van der Waals surface area (Å²) in [4.78, 5) is 1.72. The Labute approximate surface area is 72.2 Å². The van der Waals surface area contributed by atoms with Crippen molar-refractivity contribution in [1.82, 2.24) is 4.98 Å². The minimum absolute atomic E-state index is 0.523. The highest BCUT2D eigenvalue weighted by atomic mass is 35.5. The second-order valence-corrected chi connectivity index (χ2v) is 3.54. The molecule has 1 rings (SSSR count). The highest BCUT2D eigenvalue weighted by Crippen LogP contribution is 2.23. The van der Waals surface area contributed by atoms with Crippen molar-refractivity contribution in [3.63, 3.8) is 0 Å². The van der Waals surface area contributed by atoms with Gasteiger partial charge in [0.05, 0.1) is 5.02 Å². The summed E-state index contributed by atoms with van der Waals surface area (Å²) in [5.74, 6) is -1.44. The fourth-order valence-electron chi connectivity index (χ4n) is 0.618. The molecule has 3 nitrogen and oxygen atoms in total. The summed E-state index contributed by atoms with van der Waals surface area (Å²) < 4.78 is 45.3. The molecule has 0 aromatic carbocycles. The number of pyridine rings is 1. The number of aromatic nitrogens is 1. The van der Waals surface area contributed by atoms with Gasteiger partial charge in [0.15, 0.2) is 4.90 Å². The van der Waals surface area contributed by atoms with E-state index in [9.17, 15) is 16.7 Å². The van der Waals surface area contributed by atoms with Crippen LogP contribution < -0.4 is 0 Å². The minimum atomic E-state index is -5.13. The number of nitrogens with zero attached hydrogens (tertiary/aromatic N) is 1. The second kappa shape index (κ2) is 2.95. The molecule has 7 heteroatoms. The number of halogens is 3. The third-order valence-electron chi connectivity index (χ3n) is 1.06. The van der Waals surface area contributed by atoms with Crippen molar-refractivity contribution in [3.8, 4) is 0 Å². The van der Waals surface area contributed by atoms with Crippen LogP contribution in [0.5, 0.6) is 0 Å². The van der Waals surface area contributed by atoms with Crippen LogP contribution in [-0.2, 0) is 10.2 Å². The molecule has 0 amide bonds. The van der Waals surface area contributed by atoms with Gasteiger partial charge < -0.3 is 0 Å². The molecule has 12 heavy (non-hydrogen) atoms. The van der Waals surface area contributed by atoms with E-state index in [-0.39, 0.29) is 0 Å². The Morgan fingerprint density at radius 3 is 2.42 bits per heavy atom. The maximum absolute atomic E-state index is 12.5. The van der Waals surface area contributed by atoms with Crippen molar-refractivity contribution in [2.24, 2.45) is 0 Å². The van der Waals surface area contributed by atoms with E-state index < -0.39 is 26.1 Å². The monoisotopic (exact) mass is 213 g/mol. The highest BCUT2D eigenvalue weighted by molar-refractivity contribution is 7.86. The molecular weight excluding hydrogens is 212 g/mol. The van der Waals surface area contributed by atoms with E-state index in [0.717, 1.165) is 12.3 Å². The predicted molar refractivity (Wildman–Crippen MR) is 37.5 cm³/mol. The second-order valence-electron chi connectivity index (χ2n) is 1.85. The Balaban J connectivity index is 3.53. The summed E-state index contributed by atoms with van der Waals surface area (Å²) in [7, 11) is -5.13. The van der Waals surface area contributed by atoms with Crippen LogP contribution >= 0.6 is 11.6 Å². The van der Waals surface area contributed by atoms with Gasteiger partial charge in [0.25, 0.3) is 0 Å². The lowest BCUT2D eigenvalue weighted by molar-refractivity contribution is 0.517. The van der Waals surface area contributed by atoms with Crippen LogP contribution in [-0.4, -0.2) is 13.4 Å². The summed E-state index contributed by atoms with van der Waals surface area (Å²) in [6, 6.07) is 0.983. The van der Waals surface area contributed by atoms with Gasteiger partial charge in [0, 0.05) is 6.20 Å². The maximum Gasteiger partial charge on any atom is 0.338 e. The largest absolute Gasteiger partial charge is 0.338 e. The van der Waals surface area contributed by atoms with Gasteiger partial charge in [-0.15, -0.1) is 3.89 Å². The highest BCUT2D eigenvalue weighted by Gasteiger charge is 2.22. The SMILES string of the molecule is O=S(=O)(F)c1c(Cl)ccnc1F. The first kappa shape index (κ1) is 9.34. The zero-order valence-electron chi connectivity index (χ0n) is 5.46. The van der Waals surface area contributed by atoms with E-state index in [4.69, 9.17) is 11.6 Å². The van der Waals surface area contributed by atoms with Gasteiger partial charge in [0.2, 0.25) is 5.95 Å². The molecule has 0 radical (unpaired) electrons. The summed E-state index contributed by atoms with van der Waals surface area (Å²) >= 11 is 5.21. The van der Waals surface area contributed by atoms with E-state index >= 15 is 0 Å². The third-order valence-corrected chi connectivity index (χ3v) is 2.36. The Morgan fingerprint density at radius 1 is 1.50 bits per heavy atom. The first-order valence-corrected chi connectivity index (χ1v) is 4.44. The molecule has 1 heterocycles. The normalized spacial score (nSPS) is 11.6. The van der Waals surface area contributed by atoms with Crippen LogP contribution in [0.4, 0.5) is 8.28 Å². The fourth-order valence-corrected chi connectivity index (χ4v) is 1.58. The molecule has 0 bridgehead atoms. The molecule has 0 aliphatic heterocycles. The summed E-state index contributed by atoms with van der Waals surface area (Å²) in [6.07, 6.45) is 0.937.